The van der Waals surface area contributed by atoms with Crippen LogP contribution in [0.15, 0.2) is 52.9 Å². The second-order valence-corrected chi connectivity index (χ2v) is 6.66. The number of hydrogen-bond acceptors (Lipinski definition) is 4. The molecule has 1 fully saturated rings. The molecule has 2 heterocycles. The number of fused-ring (bicyclic) bond motifs is 1. The zero-order valence-corrected chi connectivity index (χ0v) is 13.9. The Hall–Kier alpha value is -2.24. The highest BCUT2D eigenvalue weighted by Gasteiger charge is 2.26. The first-order valence-electron chi connectivity index (χ1n) is 8.70. The van der Waals surface area contributed by atoms with Crippen LogP contribution in [0.1, 0.15) is 36.3 Å². The number of nitrogens with zero attached hydrogens (tertiary/aromatic N) is 2. The molecule has 1 aromatic heterocycles. The molecule has 0 saturated carbocycles. The first-order chi connectivity index (χ1) is 12.2. The summed E-state index contributed by atoms with van der Waals surface area (Å²) in [6, 6.07) is 13.9. The number of halogens is 1. The topological polar surface area (TPSA) is 49.5 Å². The molecule has 1 aliphatic heterocycles. The number of para-hydroxylation sites is 2. The van der Waals surface area contributed by atoms with E-state index in [1.54, 1.807) is 12.1 Å². The molecule has 25 heavy (non-hydrogen) atoms. The van der Waals surface area contributed by atoms with Crippen LogP contribution in [0, 0.1) is 5.82 Å². The van der Waals surface area contributed by atoms with Crippen molar-refractivity contribution in [2.24, 2.45) is 0 Å². The van der Waals surface area contributed by atoms with Gasteiger partial charge in [0.25, 0.3) is 0 Å². The summed E-state index contributed by atoms with van der Waals surface area (Å²) < 4.78 is 18.9. The Labute approximate surface area is 145 Å². The molecular weight excluding hydrogens is 319 g/mol. The van der Waals surface area contributed by atoms with Crippen molar-refractivity contribution < 1.29 is 13.9 Å². The summed E-state index contributed by atoms with van der Waals surface area (Å²) in [5.74, 6) is 0.863. The molecule has 4 rings (SSSR count). The lowest BCUT2D eigenvalue weighted by atomic mass is 9.96. The second kappa shape index (κ2) is 6.94. The average Bonchev–Trinajstić information content (AvgIpc) is 3.07. The summed E-state index contributed by atoms with van der Waals surface area (Å²) in [6.45, 7) is 2.34. The van der Waals surface area contributed by atoms with Gasteiger partial charge in [0.15, 0.2) is 11.5 Å². The molecule has 2 aromatic carbocycles. The smallest absolute Gasteiger partial charge is 0.198 e. The van der Waals surface area contributed by atoms with Crippen LogP contribution in [0.4, 0.5) is 4.39 Å². The zero-order chi connectivity index (χ0) is 17.2. The van der Waals surface area contributed by atoms with Gasteiger partial charge in [0, 0.05) is 12.5 Å². The maximum atomic E-state index is 13.0. The van der Waals surface area contributed by atoms with Crippen LogP contribution in [-0.4, -0.2) is 34.6 Å². The van der Waals surface area contributed by atoms with Crippen LogP contribution >= 0.6 is 0 Å². The van der Waals surface area contributed by atoms with E-state index >= 15 is 0 Å². The predicted octanol–water partition coefficient (Wildman–Crippen LogP) is 3.88. The quantitative estimate of drug-likeness (QED) is 0.783. The minimum atomic E-state index is -0.596. The highest BCUT2D eigenvalue weighted by molar-refractivity contribution is 5.72. The van der Waals surface area contributed by atoms with Gasteiger partial charge in [0.05, 0.1) is 6.10 Å². The van der Waals surface area contributed by atoms with Crippen molar-refractivity contribution >= 4 is 11.1 Å². The lowest BCUT2D eigenvalue weighted by Gasteiger charge is -2.32. The van der Waals surface area contributed by atoms with Gasteiger partial charge < -0.3 is 14.4 Å². The predicted molar refractivity (Wildman–Crippen MR) is 93.8 cm³/mol. The van der Waals surface area contributed by atoms with Crippen LogP contribution in [0.25, 0.3) is 11.1 Å². The first-order valence-corrected chi connectivity index (χ1v) is 8.70. The third-order valence-electron chi connectivity index (χ3n) is 4.93. The van der Waals surface area contributed by atoms with Crippen LogP contribution in [-0.2, 0) is 0 Å². The minimum absolute atomic E-state index is 0.282. The van der Waals surface area contributed by atoms with Gasteiger partial charge in [-0.15, -0.1) is 0 Å². The normalized spacial score (nSPS) is 17.8. The number of aliphatic hydroxyl groups is 1. The van der Waals surface area contributed by atoms with E-state index in [0.29, 0.717) is 12.5 Å². The van der Waals surface area contributed by atoms with E-state index in [4.69, 9.17) is 4.42 Å². The van der Waals surface area contributed by atoms with Crippen LogP contribution < -0.4 is 0 Å². The second-order valence-electron chi connectivity index (χ2n) is 6.66. The molecule has 0 aliphatic carbocycles. The van der Waals surface area contributed by atoms with Crippen molar-refractivity contribution in [3.8, 4) is 0 Å². The maximum absolute atomic E-state index is 13.0. The van der Waals surface area contributed by atoms with Gasteiger partial charge in [0.1, 0.15) is 11.3 Å². The Kier molecular flexibility index (Phi) is 4.51. The number of likely N-dealkylation sites (tertiary alicyclic amines) is 1. The Balaban J connectivity index is 1.35. The number of hydrogen-bond donors (Lipinski definition) is 1. The lowest BCUT2D eigenvalue weighted by Crippen LogP contribution is -2.36. The Bertz CT molecular complexity index is 805. The van der Waals surface area contributed by atoms with Gasteiger partial charge in [0.2, 0.25) is 0 Å². The summed E-state index contributed by atoms with van der Waals surface area (Å²) >= 11 is 0. The Morgan fingerprint density at radius 1 is 1.12 bits per heavy atom. The van der Waals surface area contributed by atoms with Gasteiger partial charge in [-0.05, 0) is 55.8 Å². The van der Waals surface area contributed by atoms with Gasteiger partial charge in [-0.1, -0.05) is 24.3 Å². The largest absolute Gasteiger partial charge is 0.440 e. The number of aliphatic hydroxyl groups excluding tert-OH is 1. The van der Waals surface area contributed by atoms with Crippen molar-refractivity contribution in [1.82, 2.24) is 9.88 Å². The number of β-amino-alcohol motifs (C(OH)–C–C–N with tert-alkyl or cyclic N) is 1. The van der Waals surface area contributed by atoms with Crippen LogP contribution in [0.5, 0.6) is 0 Å². The average molecular weight is 340 g/mol. The van der Waals surface area contributed by atoms with Crippen LogP contribution in [0.3, 0.4) is 0 Å². The summed E-state index contributed by atoms with van der Waals surface area (Å²) in [5.41, 5.74) is 2.50. The van der Waals surface area contributed by atoms with E-state index in [1.165, 1.54) is 12.1 Å². The third-order valence-corrected chi connectivity index (χ3v) is 4.93. The number of aromatic nitrogens is 1. The summed E-state index contributed by atoms with van der Waals surface area (Å²) in [7, 11) is 0. The molecule has 130 valence electrons. The van der Waals surface area contributed by atoms with Crippen LogP contribution in [0.2, 0.25) is 0 Å². The number of piperidine rings is 1. The Morgan fingerprint density at radius 3 is 2.56 bits per heavy atom. The summed E-state index contributed by atoms with van der Waals surface area (Å²) in [5, 5.41) is 10.3. The molecule has 0 radical (unpaired) electrons. The molecule has 1 N–H and O–H groups in total. The van der Waals surface area contributed by atoms with Gasteiger partial charge in [-0.3, -0.25) is 0 Å². The molecular formula is C20H21FN2O2. The van der Waals surface area contributed by atoms with Gasteiger partial charge >= 0.3 is 0 Å². The highest BCUT2D eigenvalue weighted by atomic mass is 19.1. The highest BCUT2D eigenvalue weighted by Crippen LogP contribution is 2.30. The molecule has 5 heteroatoms. The molecule has 3 aromatic rings. The molecule has 0 bridgehead atoms. The molecule has 4 nitrogen and oxygen atoms in total. The summed E-state index contributed by atoms with van der Waals surface area (Å²) in [4.78, 5) is 6.85. The van der Waals surface area contributed by atoms with Gasteiger partial charge in [-0.2, -0.15) is 0 Å². The van der Waals surface area contributed by atoms with Crippen molar-refractivity contribution in [2.75, 3.05) is 19.6 Å². The first kappa shape index (κ1) is 16.2. The molecule has 0 spiro atoms. The SMILES string of the molecule is O[C@H](CN1CCC(c2nc3ccccc3o2)CC1)c1ccc(F)cc1. The Morgan fingerprint density at radius 2 is 1.84 bits per heavy atom. The molecule has 1 aliphatic rings. The number of benzene rings is 2. The summed E-state index contributed by atoms with van der Waals surface area (Å²) in [6.07, 6.45) is 1.33. The lowest BCUT2D eigenvalue weighted by molar-refractivity contribution is 0.0950. The fourth-order valence-electron chi connectivity index (χ4n) is 3.46. The molecule has 0 amide bonds. The third kappa shape index (κ3) is 3.57. The van der Waals surface area contributed by atoms with Crippen molar-refractivity contribution in [1.29, 1.82) is 0 Å². The molecule has 0 unspecified atom stereocenters. The van der Waals surface area contributed by atoms with Gasteiger partial charge in [-0.25, -0.2) is 9.37 Å². The molecule has 1 atom stereocenters. The van der Waals surface area contributed by atoms with Crippen molar-refractivity contribution in [3.05, 3.63) is 65.8 Å². The standard InChI is InChI=1S/C20H21FN2O2/c21-16-7-5-14(6-8-16)18(24)13-23-11-9-15(10-12-23)20-22-17-3-1-2-4-19(17)25-20/h1-8,15,18,24H,9-13H2/t18-/m1/s1. The van der Waals surface area contributed by atoms with E-state index in [0.717, 1.165) is 48.5 Å². The zero-order valence-electron chi connectivity index (χ0n) is 13.9. The monoisotopic (exact) mass is 340 g/mol. The van der Waals surface area contributed by atoms with E-state index in [1.807, 2.05) is 24.3 Å². The van der Waals surface area contributed by atoms with Crippen molar-refractivity contribution in [3.63, 3.8) is 0 Å². The minimum Gasteiger partial charge on any atom is -0.440 e. The van der Waals surface area contributed by atoms with E-state index < -0.39 is 6.10 Å². The van der Waals surface area contributed by atoms with E-state index in [9.17, 15) is 9.50 Å². The fraction of sp³-hybridized carbons (Fsp3) is 0.350. The van der Waals surface area contributed by atoms with E-state index in [2.05, 4.69) is 9.88 Å². The maximum Gasteiger partial charge on any atom is 0.198 e. The fourth-order valence-corrected chi connectivity index (χ4v) is 3.46. The van der Waals surface area contributed by atoms with Crippen molar-refractivity contribution in [2.45, 2.75) is 24.9 Å². The van der Waals surface area contributed by atoms with E-state index in [-0.39, 0.29) is 5.82 Å². The number of rotatable bonds is 4. The molecule has 1 saturated heterocycles. The number of oxazole rings is 1.